The van der Waals surface area contributed by atoms with Gasteiger partial charge in [0.1, 0.15) is 23.0 Å². The molecule has 0 aliphatic carbocycles. The lowest BCUT2D eigenvalue weighted by molar-refractivity contribution is -0.143. The largest absolute Gasteiger partial charge is 0.493 e. The number of esters is 1. The van der Waals surface area contributed by atoms with Gasteiger partial charge in [-0.25, -0.2) is 0 Å². The first-order chi connectivity index (χ1) is 19.8. The number of rotatable bonds is 14. The van der Waals surface area contributed by atoms with Gasteiger partial charge in [0.25, 0.3) is 0 Å². The normalized spacial score (nSPS) is 13.2. The summed E-state index contributed by atoms with van der Waals surface area (Å²) in [5.74, 6) is 0.129. The highest BCUT2D eigenvalue weighted by atomic mass is 31.2. The third-order valence-corrected chi connectivity index (χ3v) is 9.27. The molecule has 41 heavy (non-hydrogen) atoms. The van der Waals surface area contributed by atoms with Gasteiger partial charge in [0.2, 0.25) is 5.75 Å². The van der Waals surface area contributed by atoms with Crippen molar-refractivity contribution in [1.29, 1.82) is 0 Å². The van der Waals surface area contributed by atoms with Crippen LogP contribution in [0.1, 0.15) is 17.5 Å². The molecule has 0 saturated heterocycles. The zero-order valence-corrected chi connectivity index (χ0v) is 25.0. The quantitative estimate of drug-likeness (QED) is 0.145. The van der Waals surface area contributed by atoms with Crippen molar-refractivity contribution in [2.24, 2.45) is 0 Å². The minimum atomic E-state index is -3.67. The summed E-state index contributed by atoms with van der Waals surface area (Å²) in [5, 5.41) is 5.22. The summed E-state index contributed by atoms with van der Waals surface area (Å²) in [6, 6.07) is 16.4. The SMILES string of the molecule is COC(=O)[C@H](Cc1ccc2c(c1)oc1ccccc12)N[C@@H](CCc1cc(OC)c(OC)c(OC)c1)P(=O)(OC)OC. The van der Waals surface area contributed by atoms with Crippen LogP contribution in [0.2, 0.25) is 0 Å². The number of fused-ring (bicyclic) bond motifs is 3. The molecular weight excluding hydrogens is 549 g/mol. The van der Waals surface area contributed by atoms with Crippen LogP contribution in [0.4, 0.5) is 0 Å². The number of methoxy groups -OCH3 is 4. The monoisotopic (exact) mass is 585 g/mol. The molecule has 0 aliphatic heterocycles. The number of furan rings is 1. The highest BCUT2D eigenvalue weighted by molar-refractivity contribution is 7.54. The van der Waals surface area contributed by atoms with E-state index >= 15 is 0 Å². The Morgan fingerprint density at radius 3 is 2.10 bits per heavy atom. The van der Waals surface area contributed by atoms with Crippen LogP contribution in [-0.2, 0) is 36.0 Å². The molecule has 1 heterocycles. The summed E-state index contributed by atoms with van der Waals surface area (Å²) in [4.78, 5) is 12.9. The maximum absolute atomic E-state index is 13.6. The van der Waals surface area contributed by atoms with Gasteiger partial charge in [-0.3, -0.25) is 14.7 Å². The standard InChI is InChI=1S/C30H36NO9P/c1-34-26-17-20(18-27(35-2)29(26)36-3)12-14-28(41(33,38-5)39-6)31-23(30(32)37-4)15-19-11-13-22-21-9-7-8-10-24(21)40-25(22)16-19/h7-11,13,16-18,23,28,31H,12,14-15H2,1-6H3/t23-,28+/m0/s1. The number of nitrogens with one attached hydrogen (secondary N) is 1. The van der Waals surface area contributed by atoms with Crippen molar-refractivity contribution in [3.8, 4) is 17.2 Å². The molecule has 0 saturated carbocycles. The maximum atomic E-state index is 13.6. The van der Waals surface area contributed by atoms with E-state index in [1.165, 1.54) is 28.4 Å². The number of para-hydroxylation sites is 1. The first kappa shape index (κ1) is 30.4. The molecule has 220 valence electrons. The smallest absolute Gasteiger partial charge is 0.346 e. The molecule has 3 aromatic carbocycles. The topological polar surface area (TPSA) is 115 Å². The van der Waals surface area contributed by atoms with Gasteiger partial charge in [-0.1, -0.05) is 30.3 Å². The Labute approximate surface area is 239 Å². The first-order valence-corrected chi connectivity index (χ1v) is 14.7. The van der Waals surface area contributed by atoms with Crippen molar-refractivity contribution in [3.63, 3.8) is 0 Å². The van der Waals surface area contributed by atoms with Gasteiger partial charge < -0.3 is 32.4 Å². The predicted octanol–water partition coefficient (Wildman–Crippen LogP) is 5.73. The van der Waals surface area contributed by atoms with Gasteiger partial charge in [-0.15, -0.1) is 0 Å². The molecule has 11 heteroatoms. The van der Waals surface area contributed by atoms with Crippen LogP contribution in [0.5, 0.6) is 17.2 Å². The van der Waals surface area contributed by atoms with Crippen LogP contribution in [0.15, 0.2) is 59.0 Å². The van der Waals surface area contributed by atoms with Gasteiger partial charge in [0.05, 0.1) is 28.4 Å². The predicted molar refractivity (Wildman–Crippen MR) is 156 cm³/mol. The van der Waals surface area contributed by atoms with E-state index in [4.69, 9.17) is 32.4 Å². The van der Waals surface area contributed by atoms with Crippen molar-refractivity contribution in [1.82, 2.24) is 5.32 Å². The molecule has 0 spiro atoms. The lowest BCUT2D eigenvalue weighted by Crippen LogP contribution is -2.45. The Kier molecular flexibility index (Phi) is 9.94. The second kappa shape index (κ2) is 13.4. The van der Waals surface area contributed by atoms with E-state index in [1.807, 2.05) is 54.6 Å². The zero-order valence-electron chi connectivity index (χ0n) is 24.1. The maximum Gasteiger partial charge on any atom is 0.346 e. The minimum Gasteiger partial charge on any atom is -0.493 e. The minimum absolute atomic E-state index is 0.258. The van der Waals surface area contributed by atoms with Crippen molar-refractivity contribution >= 4 is 35.5 Å². The Morgan fingerprint density at radius 1 is 0.829 bits per heavy atom. The molecule has 4 aromatic rings. The summed E-state index contributed by atoms with van der Waals surface area (Å²) in [6.07, 6.45) is 0.991. The number of hydrogen-bond acceptors (Lipinski definition) is 10. The molecule has 10 nitrogen and oxygen atoms in total. The fraction of sp³-hybridized carbons (Fsp3) is 0.367. The second-order valence-corrected chi connectivity index (χ2v) is 11.8. The summed E-state index contributed by atoms with van der Waals surface area (Å²) in [7, 11) is 4.90. The second-order valence-electron chi connectivity index (χ2n) is 9.37. The molecule has 2 atom stereocenters. The van der Waals surface area contributed by atoms with Gasteiger partial charge in [-0.2, -0.15) is 0 Å². The average Bonchev–Trinajstić information content (AvgIpc) is 3.38. The van der Waals surface area contributed by atoms with Crippen LogP contribution in [-0.4, -0.2) is 60.5 Å². The Hall–Kier alpha value is -3.56. The van der Waals surface area contributed by atoms with Crippen LogP contribution in [0.25, 0.3) is 21.9 Å². The van der Waals surface area contributed by atoms with Crippen LogP contribution in [0.3, 0.4) is 0 Å². The zero-order chi connectivity index (χ0) is 29.6. The van der Waals surface area contributed by atoms with E-state index in [1.54, 1.807) is 14.2 Å². The number of carbonyl (C=O) groups is 1. The number of aryl methyl sites for hydroxylation is 1. The third-order valence-electron chi connectivity index (χ3n) is 7.08. The average molecular weight is 586 g/mol. The molecule has 4 rings (SSSR count). The fourth-order valence-electron chi connectivity index (χ4n) is 4.96. The van der Waals surface area contributed by atoms with Crippen molar-refractivity contribution < 1.29 is 41.8 Å². The van der Waals surface area contributed by atoms with Gasteiger partial charge in [0.15, 0.2) is 11.5 Å². The molecule has 1 aromatic heterocycles. The lowest BCUT2D eigenvalue weighted by Gasteiger charge is -2.29. The van der Waals surface area contributed by atoms with Crippen LogP contribution in [0, 0.1) is 0 Å². The van der Waals surface area contributed by atoms with Crippen LogP contribution >= 0.6 is 7.60 Å². The lowest BCUT2D eigenvalue weighted by atomic mass is 10.0. The molecule has 1 N–H and O–H groups in total. The fourth-order valence-corrected chi connectivity index (χ4v) is 6.43. The third kappa shape index (κ3) is 6.52. The molecule has 0 amide bonds. The van der Waals surface area contributed by atoms with Crippen molar-refractivity contribution in [3.05, 3.63) is 65.7 Å². The van der Waals surface area contributed by atoms with Crippen molar-refractivity contribution in [2.75, 3.05) is 42.7 Å². The van der Waals surface area contributed by atoms with E-state index in [9.17, 15) is 9.36 Å². The summed E-state index contributed by atoms with van der Waals surface area (Å²) >= 11 is 0. The van der Waals surface area contributed by atoms with E-state index < -0.39 is 25.4 Å². The summed E-state index contributed by atoms with van der Waals surface area (Å²) in [5.41, 5.74) is 3.18. The Morgan fingerprint density at radius 2 is 1.49 bits per heavy atom. The van der Waals surface area contributed by atoms with Gasteiger partial charge >= 0.3 is 13.6 Å². The number of hydrogen-bond donors (Lipinski definition) is 1. The molecule has 0 radical (unpaired) electrons. The number of benzene rings is 3. The van der Waals surface area contributed by atoms with E-state index in [-0.39, 0.29) is 6.42 Å². The Bertz CT molecular complexity index is 1520. The molecule has 0 fully saturated rings. The summed E-state index contributed by atoms with van der Waals surface area (Å²) < 4.78 is 51.8. The number of ether oxygens (including phenoxy) is 4. The highest BCUT2D eigenvalue weighted by Crippen LogP contribution is 2.52. The summed E-state index contributed by atoms with van der Waals surface area (Å²) in [6.45, 7) is 0. The van der Waals surface area contributed by atoms with Gasteiger partial charge in [0, 0.05) is 25.0 Å². The highest BCUT2D eigenvalue weighted by Gasteiger charge is 2.37. The van der Waals surface area contributed by atoms with Crippen molar-refractivity contribution in [2.45, 2.75) is 31.1 Å². The molecule has 0 unspecified atom stereocenters. The molecule has 0 aliphatic rings. The molecular formula is C30H36NO9P. The van der Waals surface area contributed by atoms with Crippen LogP contribution < -0.4 is 19.5 Å². The first-order valence-electron chi connectivity index (χ1n) is 13.0. The number of carbonyl (C=O) groups excluding carboxylic acids is 1. The Balaban J connectivity index is 1.61. The van der Waals surface area contributed by atoms with E-state index in [0.717, 1.165) is 27.5 Å². The van der Waals surface area contributed by atoms with E-state index in [0.29, 0.717) is 35.7 Å². The van der Waals surface area contributed by atoms with E-state index in [2.05, 4.69) is 5.32 Å². The van der Waals surface area contributed by atoms with Gasteiger partial charge in [-0.05, 0) is 54.7 Å². The molecule has 0 bridgehead atoms.